The molecule has 5 rings (SSSR count). The largest absolute Gasteiger partial charge is 0.461 e. The summed E-state index contributed by atoms with van der Waals surface area (Å²) in [5, 5.41) is 10.6. The smallest absolute Gasteiger partial charge is 0.306 e. The third-order valence-electron chi connectivity index (χ3n) is 6.08. The number of ether oxygens (including phenoxy) is 1. The van der Waals surface area contributed by atoms with Crippen molar-refractivity contribution in [2.75, 3.05) is 0 Å². The van der Waals surface area contributed by atoms with Crippen LogP contribution in [0.5, 0.6) is 0 Å². The summed E-state index contributed by atoms with van der Waals surface area (Å²) in [6.07, 6.45) is 5.73. The molecule has 118 valence electrons. The third kappa shape index (κ3) is 2.67. The van der Waals surface area contributed by atoms with E-state index in [1.807, 2.05) is 30.3 Å². The first kappa shape index (κ1) is 14.3. The van der Waals surface area contributed by atoms with Gasteiger partial charge in [0.25, 0.3) is 0 Å². The van der Waals surface area contributed by atoms with Crippen LogP contribution in [-0.4, -0.2) is 16.7 Å². The van der Waals surface area contributed by atoms with Crippen molar-refractivity contribution in [2.24, 2.45) is 23.7 Å². The molecule has 0 amide bonds. The predicted octanol–water partition coefficient (Wildman–Crippen LogP) is 3.31. The van der Waals surface area contributed by atoms with E-state index in [0.717, 1.165) is 24.8 Å². The van der Waals surface area contributed by atoms with Gasteiger partial charge in [0.15, 0.2) is 0 Å². The van der Waals surface area contributed by atoms with Crippen LogP contribution in [0.4, 0.5) is 0 Å². The number of esters is 1. The standard InChI is InChI=1S/C19H24O3/c20-18(22-12-13-4-2-1-3-5-13)8-17-15-6-14-7-16(17)11-19(21,9-14)10-15/h1-5,14-17,21H,6-12H2. The molecule has 1 N–H and O–H groups in total. The van der Waals surface area contributed by atoms with E-state index in [0.29, 0.717) is 36.7 Å². The van der Waals surface area contributed by atoms with Gasteiger partial charge in [-0.25, -0.2) is 0 Å². The van der Waals surface area contributed by atoms with Gasteiger partial charge >= 0.3 is 5.97 Å². The zero-order valence-electron chi connectivity index (χ0n) is 12.9. The molecular formula is C19H24O3. The Morgan fingerprint density at radius 2 is 1.82 bits per heavy atom. The second kappa shape index (κ2) is 5.38. The van der Waals surface area contributed by atoms with Gasteiger partial charge in [-0.15, -0.1) is 0 Å². The predicted molar refractivity (Wildman–Crippen MR) is 82.8 cm³/mol. The summed E-state index contributed by atoms with van der Waals surface area (Å²) in [4.78, 5) is 12.2. The second-order valence-corrected chi connectivity index (χ2v) is 7.71. The Morgan fingerprint density at radius 1 is 1.14 bits per heavy atom. The minimum absolute atomic E-state index is 0.0756. The van der Waals surface area contributed by atoms with Gasteiger partial charge in [-0.1, -0.05) is 30.3 Å². The lowest BCUT2D eigenvalue weighted by Crippen LogP contribution is -2.54. The lowest BCUT2D eigenvalue weighted by Gasteiger charge is -2.58. The highest BCUT2D eigenvalue weighted by atomic mass is 16.5. The Balaban J connectivity index is 1.35. The van der Waals surface area contributed by atoms with Gasteiger partial charge in [0.1, 0.15) is 6.61 Å². The summed E-state index contributed by atoms with van der Waals surface area (Å²) in [7, 11) is 0. The minimum Gasteiger partial charge on any atom is -0.461 e. The Morgan fingerprint density at radius 3 is 2.45 bits per heavy atom. The molecule has 0 aliphatic heterocycles. The van der Waals surface area contributed by atoms with Crippen LogP contribution >= 0.6 is 0 Å². The lowest BCUT2D eigenvalue weighted by atomic mass is 9.49. The summed E-state index contributed by atoms with van der Waals surface area (Å²) in [6, 6.07) is 9.84. The van der Waals surface area contributed by atoms with E-state index in [1.54, 1.807) is 0 Å². The summed E-state index contributed by atoms with van der Waals surface area (Å²) in [5.41, 5.74) is 0.622. The fourth-order valence-corrected chi connectivity index (χ4v) is 5.41. The molecule has 0 radical (unpaired) electrons. The van der Waals surface area contributed by atoms with Crippen molar-refractivity contribution in [3.63, 3.8) is 0 Å². The Bertz CT molecular complexity index is 537. The molecule has 2 atom stereocenters. The zero-order chi connectivity index (χ0) is 15.2. The maximum atomic E-state index is 12.2. The average molecular weight is 300 g/mol. The molecule has 0 aromatic heterocycles. The molecule has 3 heteroatoms. The first-order valence-electron chi connectivity index (χ1n) is 8.53. The van der Waals surface area contributed by atoms with Crippen LogP contribution in [0.2, 0.25) is 0 Å². The van der Waals surface area contributed by atoms with E-state index in [1.165, 1.54) is 12.8 Å². The first-order chi connectivity index (χ1) is 10.6. The van der Waals surface area contributed by atoms with E-state index >= 15 is 0 Å². The molecule has 22 heavy (non-hydrogen) atoms. The van der Waals surface area contributed by atoms with Crippen molar-refractivity contribution in [2.45, 2.75) is 50.7 Å². The van der Waals surface area contributed by atoms with Crippen LogP contribution in [-0.2, 0) is 16.1 Å². The molecule has 2 unspecified atom stereocenters. The highest BCUT2D eigenvalue weighted by Crippen LogP contribution is 2.59. The number of benzene rings is 1. The maximum absolute atomic E-state index is 12.2. The van der Waals surface area contributed by atoms with Gasteiger partial charge in [-0.3, -0.25) is 4.79 Å². The number of rotatable bonds is 4. The van der Waals surface area contributed by atoms with Crippen LogP contribution in [0.15, 0.2) is 30.3 Å². The van der Waals surface area contributed by atoms with E-state index in [9.17, 15) is 9.90 Å². The van der Waals surface area contributed by atoms with Gasteiger partial charge in [0.05, 0.1) is 5.60 Å². The molecule has 4 saturated carbocycles. The lowest BCUT2D eigenvalue weighted by molar-refractivity contribution is -0.167. The van der Waals surface area contributed by atoms with Crippen LogP contribution in [0.25, 0.3) is 0 Å². The summed E-state index contributed by atoms with van der Waals surface area (Å²) < 4.78 is 5.46. The van der Waals surface area contributed by atoms with E-state index in [-0.39, 0.29) is 5.97 Å². The summed E-state index contributed by atoms with van der Waals surface area (Å²) >= 11 is 0. The SMILES string of the molecule is O=C(CC1C2CC3CC1CC(O)(C3)C2)OCc1ccccc1. The van der Waals surface area contributed by atoms with Crippen LogP contribution in [0.1, 0.15) is 44.1 Å². The quantitative estimate of drug-likeness (QED) is 0.868. The number of carbonyl (C=O) groups excluding carboxylic acids is 1. The molecule has 1 aromatic rings. The molecule has 1 aromatic carbocycles. The van der Waals surface area contributed by atoms with Crippen molar-refractivity contribution >= 4 is 5.97 Å². The number of carbonyl (C=O) groups is 1. The van der Waals surface area contributed by atoms with Gasteiger partial charge in [-0.05, 0) is 61.3 Å². The maximum Gasteiger partial charge on any atom is 0.306 e. The fraction of sp³-hybridized carbons (Fsp3) is 0.632. The van der Waals surface area contributed by atoms with E-state index in [4.69, 9.17) is 4.74 Å². The van der Waals surface area contributed by atoms with Gasteiger partial charge in [0, 0.05) is 6.42 Å². The molecule has 3 nitrogen and oxygen atoms in total. The number of aliphatic hydroxyl groups is 1. The molecule has 0 heterocycles. The normalized spacial score (nSPS) is 39.0. The summed E-state index contributed by atoms with van der Waals surface area (Å²) in [5.74, 6) is 2.11. The van der Waals surface area contributed by atoms with Crippen molar-refractivity contribution in [3.05, 3.63) is 35.9 Å². The highest BCUT2D eigenvalue weighted by molar-refractivity contribution is 5.69. The molecule has 4 bridgehead atoms. The van der Waals surface area contributed by atoms with Gasteiger partial charge < -0.3 is 9.84 Å². The average Bonchev–Trinajstić information content (AvgIpc) is 2.48. The Labute approximate surface area is 131 Å². The number of hydrogen-bond donors (Lipinski definition) is 1. The van der Waals surface area contributed by atoms with E-state index < -0.39 is 5.60 Å². The molecule has 0 spiro atoms. The molecule has 4 aliphatic rings. The third-order valence-corrected chi connectivity index (χ3v) is 6.08. The summed E-state index contributed by atoms with van der Waals surface area (Å²) in [6.45, 7) is 0.369. The van der Waals surface area contributed by atoms with Crippen molar-refractivity contribution in [1.29, 1.82) is 0 Å². The molecule has 0 saturated heterocycles. The fourth-order valence-electron chi connectivity index (χ4n) is 5.41. The van der Waals surface area contributed by atoms with Crippen molar-refractivity contribution < 1.29 is 14.6 Å². The topological polar surface area (TPSA) is 46.5 Å². The van der Waals surface area contributed by atoms with Crippen molar-refractivity contribution in [3.8, 4) is 0 Å². The number of hydrogen-bond acceptors (Lipinski definition) is 3. The van der Waals surface area contributed by atoms with Crippen LogP contribution in [0, 0.1) is 23.7 Å². The Hall–Kier alpha value is -1.35. The monoisotopic (exact) mass is 300 g/mol. The second-order valence-electron chi connectivity index (χ2n) is 7.71. The highest BCUT2D eigenvalue weighted by Gasteiger charge is 2.54. The minimum atomic E-state index is -0.416. The van der Waals surface area contributed by atoms with Crippen molar-refractivity contribution in [1.82, 2.24) is 0 Å². The molecule has 4 aliphatic carbocycles. The van der Waals surface area contributed by atoms with Gasteiger partial charge in [0.2, 0.25) is 0 Å². The van der Waals surface area contributed by atoms with E-state index in [2.05, 4.69) is 0 Å². The van der Waals surface area contributed by atoms with Crippen LogP contribution in [0.3, 0.4) is 0 Å². The van der Waals surface area contributed by atoms with Gasteiger partial charge in [-0.2, -0.15) is 0 Å². The first-order valence-corrected chi connectivity index (χ1v) is 8.53. The zero-order valence-corrected chi connectivity index (χ0v) is 12.9. The molecule has 4 fully saturated rings. The Kier molecular flexibility index (Phi) is 3.48. The van der Waals surface area contributed by atoms with Crippen LogP contribution < -0.4 is 0 Å². The molecular weight excluding hydrogens is 276 g/mol.